The fourth-order valence-corrected chi connectivity index (χ4v) is 3.77. The third-order valence-corrected chi connectivity index (χ3v) is 4.39. The highest BCUT2D eigenvalue weighted by Gasteiger charge is 2.42. The van der Waals surface area contributed by atoms with Gasteiger partial charge in [-0.1, -0.05) is 27.7 Å². The minimum absolute atomic E-state index is 0.324. The topological polar surface area (TPSA) is 40.5 Å². The molecule has 0 aliphatic heterocycles. The van der Waals surface area contributed by atoms with Crippen molar-refractivity contribution in [2.45, 2.75) is 72.4 Å². The zero-order valence-corrected chi connectivity index (χ0v) is 12.8. The second kappa shape index (κ2) is 5.20. The largest absolute Gasteiger partial charge is 0.480 e. The van der Waals surface area contributed by atoms with Crippen molar-refractivity contribution in [1.29, 1.82) is 0 Å². The Balaban J connectivity index is 2.92. The van der Waals surface area contributed by atoms with Gasteiger partial charge in [-0.2, -0.15) is 0 Å². The highest BCUT2D eigenvalue weighted by Crippen LogP contribution is 2.41. The van der Waals surface area contributed by atoms with Crippen molar-refractivity contribution in [2.75, 3.05) is 6.54 Å². The lowest BCUT2D eigenvalue weighted by molar-refractivity contribution is -0.152. The van der Waals surface area contributed by atoms with E-state index in [1.54, 1.807) is 0 Å². The first-order valence-corrected chi connectivity index (χ1v) is 7.10. The van der Waals surface area contributed by atoms with Gasteiger partial charge in [-0.05, 0) is 51.0 Å². The molecule has 3 nitrogen and oxygen atoms in total. The van der Waals surface area contributed by atoms with E-state index in [4.69, 9.17) is 0 Å². The van der Waals surface area contributed by atoms with Crippen LogP contribution in [0.25, 0.3) is 0 Å². The van der Waals surface area contributed by atoms with E-state index in [-0.39, 0.29) is 0 Å². The number of likely N-dealkylation sites (N-methyl/N-ethyl adjacent to an activating group) is 1. The summed E-state index contributed by atoms with van der Waals surface area (Å²) in [5.74, 6) is -0.0437. The molecule has 2 atom stereocenters. The van der Waals surface area contributed by atoms with Crippen LogP contribution in [0.15, 0.2) is 0 Å². The van der Waals surface area contributed by atoms with Crippen molar-refractivity contribution in [1.82, 2.24) is 4.90 Å². The predicted octanol–water partition coefficient (Wildman–Crippen LogP) is 3.39. The maximum atomic E-state index is 11.5. The van der Waals surface area contributed by atoms with Gasteiger partial charge in [0.1, 0.15) is 5.54 Å². The van der Waals surface area contributed by atoms with E-state index in [2.05, 4.69) is 32.6 Å². The average molecular weight is 255 g/mol. The number of carbonyl (C=O) groups is 1. The molecule has 18 heavy (non-hydrogen) atoms. The summed E-state index contributed by atoms with van der Waals surface area (Å²) in [5.41, 5.74) is -0.448. The number of carboxylic acid groups (broad SMARTS) is 1. The molecule has 0 saturated heterocycles. The van der Waals surface area contributed by atoms with E-state index in [0.717, 1.165) is 19.4 Å². The van der Waals surface area contributed by atoms with Gasteiger partial charge in [-0.3, -0.25) is 9.69 Å². The van der Waals surface area contributed by atoms with Crippen LogP contribution in [0.4, 0.5) is 0 Å². The highest BCUT2D eigenvalue weighted by molar-refractivity contribution is 5.77. The number of carboxylic acids is 1. The fourth-order valence-electron chi connectivity index (χ4n) is 3.77. The van der Waals surface area contributed by atoms with Crippen molar-refractivity contribution >= 4 is 5.97 Å². The quantitative estimate of drug-likeness (QED) is 0.837. The minimum atomic E-state index is -0.771. The minimum Gasteiger partial charge on any atom is -0.480 e. The van der Waals surface area contributed by atoms with Gasteiger partial charge in [-0.25, -0.2) is 0 Å². The van der Waals surface area contributed by atoms with Gasteiger partial charge in [0.2, 0.25) is 0 Å². The SMILES string of the molecule is CCN(C1CC(C)CC(C)(C)C1)C(C)(C)C(=O)O. The summed E-state index contributed by atoms with van der Waals surface area (Å²) in [6.45, 7) is 13.4. The predicted molar refractivity (Wildman–Crippen MR) is 74.7 cm³/mol. The van der Waals surface area contributed by atoms with Gasteiger partial charge in [-0.15, -0.1) is 0 Å². The fraction of sp³-hybridized carbons (Fsp3) is 0.933. The molecule has 106 valence electrons. The van der Waals surface area contributed by atoms with Crippen molar-refractivity contribution in [2.24, 2.45) is 11.3 Å². The monoisotopic (exact) mass is 255 g/mol. The molecule has 1 N–H and O–H groups in total. The normalized spacial score (nSPS) is 28.4. The third-order valence-electron chi connectivity index (χ3n) is 4.39. The van der Waals surface area contributed by atoms with Crippen LogP contribution in [0, 0.1) is 11.3 Å². The average Bonchev–Trinajstić information content (AvgIpc) is 2.14. The summed E-state index contributed by atoms with van der Waals surface area (Å²) in [6.07, 6.45) is 3.46. The Morgan fingerprint density at radius 1 is 1.39 bits per heavy atom. The van der Waals surface area contributed by atoms with Crippen molar-refractivity contribution < 1.29 is 9.90 Å². The number of hydrogen-bond donors (Lipinski definition) is 1. The summed E-state index contributed by atoms with van der Waals surface area (Å²) < 4.78 is 0. The van der Waals surface area contributed by atoms with Crippen LogP contribution in [0.2, 0.25) is 0 Å². The van der Waals surface area contributed by atoms with E-state index in [9.17, 15) is 9.90 Å². The van der Waals surface area contributed by atoms with Gasteiger partial charge in [0, 0.05) is 6.04 Å². The molecule has 1 aliphatic carbocycles. The maximum Gasteiger partial charge on any atom is 0.323 e. The molecule has 0 amide bonds. The Bertz CT molecular complexity index is 310. The Labute approximate surface area is 112 Å². The van der Waals surface area contributed by atoms with E-state index in [1.807, 2.05) is 13.8 Å². The smallest absolute Gasteiger partial charge is 0.323 e. The van der Waals surface area contributed by atoms with Crippen LogP contribution in [-0.2, 0) is 4.79 Å². The van der Waals surface area contributed by atoms with E-state index in [0.29, 0.717) is 17.4 Å². The molecule has 3 heteroatoms. The first-order chi connectivity index (χ1) is 8.10. The van der Waals surface area contributed by atoms with Crippen molar-refractivity contribution in [3.63, 3.8) is 0 Å². The molecular weight excluding hydrogens is 226 g/mol. The molecular formula is C15H29NO2. The van der Waals surface area contributed by atoms with Gasteiger partial charge >= 0.3 is 5.97 Å². The molecule has 0 radical (unpaired) electrons. The number of rotatable bonds is 4. The van der Waals surface area contributed by atoms with E-state index < -0.39 is 11.5 Å². The lowest BCUT2D eigenvalue weighted by atomic mass is 9.69. The van der Waals surface area contributed by atoms with Gasteiger partial charge in [0.15, 0.2) is 0 Å². The van der Waals surface area contributed by atoms with Crippen molar-refractivity contribution in [3.8, 4) is 0 Å². The van der Waals surface area contributed by atoms with Crippen LogP contribution < -0.4 is 0 Å². The molecule has 1 rings (SSSR count). The van der Waals surface area contributed by atoms with E-state index in [1.165, 1.54) is 6.42 Å². The number of nitrogens with zero attached hydrogens (tertiary/aromatic N) is 1. The maximum absolute atomic E-state index is 11.5. The molecule has 2 unspecified atom stereocenters. The Hall–Kier alpha value is -0.570. The van der Waals surface area contributed by atoms with Gasteiger partial charge in [0.25, 0.3) is 0 Å². The second-order valence-corrected chi connectivity index (χ2v) is 7.22. The zero-order chi connectivity index (χ0) is 14.1. The van der Waals surface area contributed by atoms with Crippen molar-refractivity contribution in [3.05, 3.63) is 0 Å². The number of hydrogen-bond acceptors (Lipinski definition) is 2. The molecule has 0 aromatic rings. The van der Waals surface area contributed by atoms with Crippen LogP contribution in [0.5, 0.6) is 0 Å². The molecule has 1 saturated carbocycles. The summed E-state index contributed by atoms with van der Waals surface area (Å²) in [7, 11) is 0. The first kappa shape index (κ1) is 15.5. The molecule has 0 spiro atoms. The molecule has 0 heterocycles. The molecule has 0 bridgehead atoms. The summed E-state index contributed by atoms with van der Waals surface area (Å²) in [5, 5.41) is 9.43. The van der Waals surface area contributed by atoms with Gasteiger partial charge in [0.05, 0.1) is 0 Å². The Morgan fingerprint density at radius 2 is 1.94 bits per heavy atom. The van der Waals surface area contributed by atoms with E-state index >= 15 is 0 Å². The number of aliphatic carboxylic acids is 1. The van der Waals surface area contributed by atoms with Crippen LogP contribution in [0.3, 0.4) is 0 Å². The lowest BCUT2D eigenvalue weighted by Crippen LogP contribution is -2.56. The third kappa shape index (κ3) is 3.25. The molecule has 0 aromatic heterocycles. The van der Waals surface area contributed by atoms with Crippen LogP contribution in [-0.4, -0.2) is 34.1 Å². The lowest BCUT2D eigenvalue weighted by Gasteiger charge is -2.48. The summed E-state index contributed by atoms with van der Waals surface area (Å²) in [4.78, 5) is 13.6. The van der Waals surface area contributed by atoms with Crippen LogP contribution in [0.1, 0.15) is 60.8 Å². The molecule has 1 fully saturated rings. The second-order valence-electron chi connectivity index (χ2n) is 7.22. The molecule has 0 aromatic carbocycles. The Morgan fingerprint density at radius 3 is 2.33 bits per heavy atom. The highest BCUT2D eigenvalue weighted by atomic mass is 16.4. The summed E-state index contributed by atoms with van der Waals surface area (Å²) in [6, 6.07) is 0.389. The standard InChI is InChI=1S/C15H29NO2/c1-7-16(15(5,6)13(17)18)12-8-11(2)9-14(3,4)10-12/h11-12H,7-10H2,1-6H3,(H,17,18). The Kier molecular flexibility index (Phi) is 4.47. The first-order valence-electron chi connectivity index (χ1n) is 7.10. The van der Waals surface area contributed by atoms with Gasteiger partial charge < -0.3 is 5.11 Å². The summed E-state index contributed by atoms with van der Waals surface area (Å²) >= 11 is 0. The molecule has 1 aliphatic rings. The zero-order valence-electron chi connectivity index (χ0n) is 12.8. The van der Waals surface area contributed by atoms with Crippen LogP contribution >= 0.6 is 0 Å².